The lowest BCUT2D eigenvalue weighted by Crippen LogP contribution is -2.37. The molecule has 1 unspecified atom stereocenters. The Labute approximate surface area is 204 Å². The Morgan fingerprint density at radius 1 is 1.14 bits per heavy atom. The Morgan fingerprint density at radius 3 is 2.51 bits per heavy atom. The maximum atomic E-state index is 12.8. The van der Waals surface area contributed by atoms with E-state index in [-0.39, 0.29) is 30.3 Å². The van der Waals surface area contributed by atoms with Gasteiger partial charge in [0.1, 0.15) is 30.4 Å². The normalized spacial score (nSPS) is 24.0. The van der Waals surface area contributed by atoms with E-state index in [9.17, 15) is 24.0 Å². The molecule has 1 amide bonds. The van der Waals surface area contributed by atoms with E-state index < -0.39 is 47.0 Å². The van der Waals surface area contributed by atoms with Crippen LogP contribution >= 0.6 is 11.8 Å². The standard InChI is InChI=1S/C23H25N3O8S/c1-12-4-6-15(7-5-12)26-19(29)11-35-22(26)16-9-25(23(31)24-21(16)30)20-8-17(33-14(3)28)18(34-20)10-32-13(2)27/h4-7,9,17-18,20,22H,8,10-11H2,1-3H3,(H,24,30,31)/t17-,18+,20+,22?/m0/s1. The van der Waals surface area contributed by atoms with Gasteiger partial charge in [-0.1, -0.05) is 17.7 Å². The van der Waals surface area contributed by atoms with Crippen LogP contribution in [0.3, 0.4) is 0 Å². The summed E-state index contributed by atoms with van der Waals surface area (Å²) in [4.78, 5) is 64.8. The number of thioether (sulfide) groups is 1. The molecule has 4 atom stereocenters. The van der Waals surface area contributed by atoms with E-state index in [2.05, 4.69) is 4.98 Å². The van der Waals surface area contributed by atoms with Crippen molar-refractivity contribution in [2.24, 2.45) is 0 Å². The summed E-state index contributed by atoms with van der Waals surface area (Å²) in [5, 5.41) is -0.650. The minimum Gasteiger partial charge on any atom is -0.463 e. The number of anilines is 1. The molecule has 2 saturated heterocycles. The molecule has 11 nitrogen and oxygen atoms in total. The first-order valence-electron chi connectivity index (χ1n) is 11.0. The maximum absolute atomic E-state index is 12.8. The highest BCUT2D eigenvalue weighted by Crippen LogP contribution is 2.41. The number of hydrogen-bond acceptors (Lipinski definition) is 9. The van der Waals surface area contributed by atoms with Crippen molar-refractivity contribution in [3.05, 3.63) is 62.4 Å². The quantitative estimate of drug-likeness (QED) is 0.580. The van der Waals surface area contributed by atoms with E-state index in [1.54, 1.807) is 12.1 Å². The second kappa shape index (κ2) is 10.1. The molecule has 0 radical (unpaired) electrons. The molecule has 186 valence electrons. The van der Waals surface area contributed by atoms with Gasteiger partial charge in [-0.3, -0.25) is 33.6 Å². The molecule has 2 fully saturated rings. The molecule has 12 heteroatoms. The van der Waals surface area contributed by atoms with Gasteiger partial charge in [-0.25, -0.2) is 4.79 Å². The average Bonchev–Trinajstić information content (AvgIpc) is 3.36. The van der Waals surface area contributed by atoms with Gasteiger partial charge in [0.2, 0.25) is 5.91 Å². The van der Waals surface area contributed by atoms with Crippen molar-refractivity contribution in [3.8, 4) is 0 Å². The number of esters is 2. The van der Waals surface area contributed by atoms with Gasteiger partial charge in [0.05, 0.1) is 11.3 Å². The Bertz CT molecular complexity index is 1250. The molecule has 3 heterocycles. The van der Waals surface area contributed by atoms with Gasteiger partial charge < -0.3 is 14.2 Å². The Hall–Kier alpha value is -3.38. The lowest BCUT2D eigenvalue weighted by molar-refractivity contribution is -0.155. The van der Waals surface area contributed by atoms with E-state index in [4.69, 9.17) is 14.2 Å². The number of hydrogen-bond donors (Lipinski definition) is 1. The predicted molar refractivity (Wildman–Crippen MR) is 126 cm³/mol. The highest BCUT2D eigenvalue weighted by molar-refractivity contribution is 8.00. The molecule has 0 saturated carbocycles. The van der Waals surface area contributed by atoms with Crippen LogP contribution in [0.4, 0.5) is 5.69 Å². The molecule has 35 heavy (non-hydrogen) atoms. The molecule has 1 N–H and O–H groups in total. The second-order valence-corrected chi connectivity index (χ2v) is 9.40. The van der Waals surface area contributed by atoms with Crippen molar-refractivity contribution in [1.82, 2.24) is 9.55 Å². The van der Waals surface area contributed by atoms with Crippen LogP contribution in [0.2, 0.25) is 0 Å². The van der Waals surface area contributed by atoms with Crippen molar-refractivity contribution < 1.29 is 28.6 Å². The fourth-order valence-corrected chi connectivity index (χ4v) is 5.26. The van der Waals surface area contributed by atoms with Gasteiger partial charge in [0.15, 0.2) is 0 Å². The Morgan fingerprint density at radius 2 is 1.86 bits per heavy atom. The summed E-state index contributed by atoms with van der Waals surface area (Å²) in [7, 11) is 0. The number of aromatic amines is 1. The third-order valence-corrected chi connectivity index (χ3v) is 6.89. The number of H-pyrrole nitrogens is 1. The van der Waals surface area contributed by atoms with Gasteiger partial charge >= 0.3 is 17.6 Å². The fourth-order valence-electron chi connectivity index (χ4n) is 4.09. The first kappa shape index (κ1) is 24.7. The number of aryl methyl sites for hydroxylation is 1. The molecule has 4 rings (SSSR count). The van der Waals surface area contributed by atoms with Crippen LogP contribution in [0.1, 0.15) is 43.0 Å². The highest BCUT2D eigenvalue weighted by atomic mass is 32.2. The van der Waals surface area contributed by atoms with E-state index in [1.807, 2.05) is 19.1 Å². The minimum absolute atomic E-state index is 0.106. The molecule has 0 bridgehead atoms. The monoisotopic (exact) mass is 503 g/mol. The van der Waals surface area contributed by atoms with Crippen molar-refractivity contribution in [2.75, 3.05) is 17.3 Å². The Balaban J connectivity index is 1.66. The smallest absolute Gasteiger partial charge is 0.330 e. The molecule has 1 aromatic carbocycles. The third-order valence-electron chi connectivity index (χ3n) is 5.70. The van der Waals surface area contributed by atoms with E-state index in [0.717, 1.165) is 5.56 Å². The van der Waals surface area contributed by atoms with Gasteiger partial charge in [-0.05, 0) is 19.1 Å². The van der Waals surface area contributed by atoms with Crippen LogP contribution in [0.15, 0.2) is 40.1 Å². The molecule has 0 spiro atoms. The zero-order valence-corrected chi connectivity index (χ0v) is 20.2. The van der Waals surface area contributed by atoms with Crippen molar-refractivity contribution in [1.29, 1.82) is 0 Å². The van der Waals surface area contributed by atoms with E-state index >= 15 is 0 Å². The SMILES string of the molecule is CC(=O)OC[C@H]1O[C@@H](n2cc(C3SCC(=O)N3c3ccc(C)cc3)c(=O)[nH]c2=O)C[C@@H]1OC(C)=O. The van der Waals surface area contributed by atoms with Crippen LogP contribution < -0.4 is 16.1 Å². The molecule has 2 aromatic rings. The maximum Gasteiger partial charge on any atom is 0.330 e. The fraction of sp³-hybridized carbons (Fsp3) is 0.435. The van der Waals surface area contributed by atoms with E-state index in [0.29, 0.717) is 5.69 Å². The zero-order chi connectivity index (χ0) is 25.3. The van der Waals surface area contributed by atoms with Crippen LogP contribution in [0, 0.1) is 6.92 Å². The molecular weight excluding hydrogens is 478 g/mol. The summed E-state index contributed by atoms with van der Waals surface area (Å²) in [5.41, 5.74) is 0.551. The second-order valence-electron chi connectivity index (χ2n) is 8.33. The minimum atomic E-state index is -0.891. The summed E-state index contributed by atoms with van der Waals surface area (Å²) >= 11 is 1.28. The lowest BCUT2D eigenvalue weighted by Gasteiger charge is -2.25. The number of aromatic nitrogens is 2. The molecular formula is C23H25N3O8S. The van der Waals surface area contributed by atoms with Crippen molar-refractivity contribution >= 4 is 35.3 Å². The summed E-state index contributed by atoms with van der Waals surface area (Å²) in [6, 6.07) is 7.36. The largest absolute Gasteiger partial charge is 0.463 e. The summed E-state index contributed by atoms with van der Waals surface area (Å²) < 4.78 is 17.4. The van der Waals surface area contributed by atoms with Crippen molar-refractivity contribution in [3.63, 3.8) is 0 Å². The summed E-state index contributed by atoms with van der Waals surface area (Å²) in [6.07, 6.45) is -0.956. The van der Waals surface area contributed by atoms with E-state index in [1.165, 1.54) is 41.3 Å². The number of carbonyl (C=O) groups excluding carboxylic acids is 3. The molecule has 2 aliphatic heterocycles. The number of nitrogens with one attached hydrogen (secondary N) is 1. The molecule has 1 aromatic heterocycles. The van der Waals surface area contributed by atoms with Gasteiger partial charge in [-0.15, -0.1) is 11.8 Å². The van der Waals surface area contributed by atoms with Gasteiger partial charge in [0, 0.05) is 32.2 Å². The van der Waals surface area contributed by atoms with Crippen LogP contribution in [-0.4, -0.2) is 52.0 Å². The van der Waals surface area contributed by atoms with Crippen LogP contribution in [-0.2, 0) is 28.6 Å². The summed E-state index contributed by atoms with van der Waals surface area (Å²) in [6.45, 7) is 4.26. The predicted octanol–water partition coefficient (Wildman–Crippen LogP) is 1.41. The number of ether oxygens (including phenoxy) is 3. The summed E-state index contributed by atoms with van der Waals surface area (Å²) in [5.74, 6) is -1.05. The molecule has 0 aliphatic carbocycles. The number of carbonyl (C=O) groups is 3. The number of nitrogens with zero attached hydrogens (tertiary/aromatic N) is 2. The third kappa shape index (κ3) is 5.33. The van der Waals surface area contributed by atoms with Crippen LogP contribution in [0.25, 0.3) is 0 Å². The average molecular weight is 504 g/mol. The number of rotatable bonds is 6. The lowest BCUT2D eigenvalue weighted by atomic mass is 10.2. The topological polar surface area (TPSA) is 137 Å². The Kier molecular flexibility index (Phi) is 7.13. The van der Waals surface area contributed by atoms with Gasteiger partial charge in [0.25, 0.3) is 5.56 Å². The zero-order valence-electron chi connectivity index (χ0n) is 19.4. The van der Waals surface area contributed by atoms with Crippen LogP contribution in [0.5, 0.6) is 0 Å². The number of amides is 1. The first-order valence-corrected chi connectivity index (χ1v) is 12.0. The first-order chi connectivity index (χ1) is 16.6. The van der Waals surface area contributed by atoms with Crippen molar-refractivity contribution in [2.45, 2.75) is 51.0 Å². The van der Waals surface area contributed by atoms with Gasteiger partial charge in [-0.2, -0.15) is 0 Å². The number of benzene rings is 1. The molecule has 2 aliphatic rings. The highest BCUT2D eigenvalue weighted by Gasteiger charge is 2.41.